The Labute approximate surface area is 169 Å². The average molecular weight is 384 g/mol. The Morgan fingerprint density at radius 2 is 1.57 bits per heavy atom. The molecule has 28 heavy (non-hydrogen) atoms. The van der Waals surface area contributed by atoms with Gasteiger partial charge in [0, 0.05) is 19.6 Å². The lowest BCUT2D eigenvalue weighted by atomic mass is 9.95. The molecule has 4 atom stereocenters. The Kier molecular flexibility index (Phi) is 8.68. The molecule has 1 N–H and O–H groups in total. The number of hydrogen-bond acceptors (Lipinski definition) is 3. The van der Waals surface area contributed by atoms with Crippen LogP contribution in [-0.4, -0.2) is 35.6 Å². The van der Waals surface area contributed by atoms with E-state index in [4.69, 9.17) is 4.74 Å². The second-order valence-corrected chi connectivity index (χ2v) is 7.79. The van der Waals surface area contributed by atoms with E-state index < -0.39 is 6.10 Å². The first-order valence-corrected chi connectivity index (χ1v) is 10.0. The fraction of sp³-hybridized carbons (Fsp3) is 0.458. The molecule has 0 aromatic heterocycles. The molecular weight excluding hydrogens is 350 g/mol. The Balaban J connectivity index is 1.80. The third-order valence-corrected chi connectivity index (χ3v) is 5.25. The summed E-state index contributed by atoms with van der Waals surface area (Å²) in [6.07, 6.45) is 0.0560. The lowest BCUT2D eigenvalue weighted by molar-refractivity contribution is -0.138. The van der Waals surface area contributed by atoms with Crippen molar-refractivity contribution in [2.24, 2.45) is 11.8 Å². The summed E-state index contributed by atoms with van der Waals surface area (Å²) >= 11 is 0. The maximum atomic E-state index is 12.8. The van der Waals surface area contributed by atoms with Crippen LogP contribution in [0.1, 0.15) is 44.4 Å². The van der Waals surface area contributed by atoms with Crippen molar-refractivity contribution >= 4 is 5.91 Å². The number of hydrogen-bond donors (Lipinski definition) is 1. The van der Waals surface area contributed by atoms with Crippen LogP contribution in [0.15, 0.2) is 60.7 Å². The van der Waals surface area contributed by atoms with Crippen molar-refractivity contribution in [1.29, 1.82) is 0 Å². The van der Waals surface area contributed by atoms with Crippen molar-refractivity contribution in [3.8, 4) is 0 Å². The monoisotopic (exact) mass is 383 g/mol. The molecule has 0 heterocycles. The van der Waals surface area contributed by atoms with Crippen molar-refractivity contribution < 1.29 is 14.6 Å². The quantitative estimate of drug-likeness (QED) is 0.660. The van der Waals surface area contributed by atoms with Crippen LogP contribution in [-0.2, 0) is 16.1 Å². The van der Waals surface area contributed by atoms with Crippen molar-refractivity contribution in [3.05, 3.63) is 71.8 Å². The molecular formula is C24H33NO3. The number of benzene rings is 2. The highest BCUT2D eigenvalue weighted by Crippen LogP contribution is 2.23. The van der Waals surface area contributed by atoms with Gasteiger partial charge in [0.1, 0.15) is 0 Å². The second-order valence-electron chi connectivity index (χ2n) is 7.79. The van der Waals surface area contributed by atoms with Crippen LogP contribution >= 0.6 is 0 Å². The number of rotatable bonds is 10. The van der Waals surface area contributed by atoms with Gasteiger partial charge < -0.3 is 14.7 Å². The SMILES string of the molecule is C[C@@H](COCc1ccccc1)C[C@@H](C)C(=O)N(C)[C@@H](C)[C@H](O)c1ccccc1. The molecule has 4 nitrogen and oxygen atoms in total. The van der Waals surface area contributed by atoms with E-state index in [-0.39, 0.29) is 23.8 Å². The first-order valence-electron chi connectivity index (χ1n) is 10.0. The van der Waals surface area contributed by atoms with Gasteiger partial charge in [-0.3, -0.25) is 4.79 Å². The Morgan fingerprint density at radius 3 is 2.18 bits per heavy atom. The van der Waals surface area contributed by atoms with E-state index in [2.05, 4.69) is 6.92 Å². The van der Waals surface area contributed by atoms with E-state index in [1.807, 2.05) is 74.5 Å². The van der Waals surface area contributed by atoms with Crippen molar-refractivity contribution in [1.82, 2.24) is 4.90 Å². The van der Waals surface area contributed by atoms with Crippen LogP contribution in [0, 0.1) is 11.8 Å². The van der Waals surface area contributed by atoms with Gasteiger partial charge in [-0.25, -0.2) is 0 Å². The highest BCUT2D eigenvalue weighted by atomic mass is 16.5. The first kappa shape index (κ1) is 22.1. The molecule has 0 unspecified atom stereocenters. The summed E-state index contributed by atoms with van der Waals surface area (Å²) in [5.41, 5.74) is 1.98. The Bertz CT molecular complexity index is 704. The number of carbonyl (C=O) groups is 1. The third-order valence-electron chi connectivity index (χ3n) is 5.25. The van der Waals surface area contributed by atoms with E-state index in [1.165, 1.54) is 0 Å². The largest absolute Gasteiger partial charge is 0.386 e. The van der Waals surface area contributed by atoms with Gasteiger partial charge in [0.25, 0.3) is 0 Å². The van der Waals surface area contributed by atoms with Gasteiger partial charge in [0.05, 0.1) is 18.8 Å². The van der Waals surface area contributed by atoms with Gasteiger partial charge in [-0.05, 0) is 30.4 Å². The van der Waals surface area contributed by atoms with Crippen molar-refractivity contribution in [2.45, 2.75) is 45.9 Å². The van der Waals surface area contributed by atoms with Gasteiger partial charge in [-0.15, -0.1) is 0 Å². The van der Waals surface area contributed by atoms with Gasteiger partial charge in [-0.2, -0.15) is 0 Å². The molecule has 4 heteroatoms. The minimum atomic E-state index is -0.700. The van der Waals surface area contributed by atoms with Crippen LogP contribution in [0.3, 0.4) is 0 Å². The molecule has 2 aromatic rings. The number of aliphatic hydroxyl groups excluding tert-OH is 1. The maximum absolute atomic E-state index is 12.8. The number of nitrogens with zero attached hydrogens (tertiary/aromatic N) is 1. The van der Waals surface area contributed by atoms with E-state index in [9.17, 15) is 9.90 Å². The zero-order valence-corrected chi connectivity index (χ0v) is 17.4. The van der Waals surface area contributed by atoms with E-state index >= 15 is 0 Å². The topological polar surface area (TPSA) is 49.8 Å². The number of ether oxygens (including phenoxy) is 1. The molecule has 0 bridgehead atoms. The van der Waals surface area contributed by atoms with Gasteiger partial charge in [-0.1, -0.05) is 74.5 Å². The lowest BCUT2D eigenvalue weighted by Gasteiger charge is -2.32. The normalized spacial score (nSPS) is 15.5. The predicted molar refractivity (Wildman–Crippen MR) is 113 cm³/mol. The summed E-state index contributed by atoms with van der Waals surface area (Å²) in [6.45, 7) is 7.16. The Hall–Kier alpha value is -2.17. The zero-order valence-electron chi connectivity index (χ0n) is 17.4. The molecule has 0 fully saturated rings. The van der Waals surface area contributed by atoms with Crippen molar-refractivity contribution in [3.63, 3.8) is 0 Å². The standard InChI is InChI=1S/C24H33NO3/c1-18(16-28-17-21-11-7-5-8-12-21)15-19(2)24(27)25(4)20(3)23(26)22-13-9-6-10-14-22/h5-14,18-20,23,26H,15-17H2,1-4H3/t18-,19-,20+,23+/m1/s1. The fourth-order valence-electron chi connectivity index (χ4n) is 3.41. The third kappa shape index (κ3) is 6.47. The van der Waals surface area contributed by atoms with Crippen LogP contribution < -0.4 is 0 Å². The van der Waals surface area contributed by atoms with Gasteiger partial charge in [0.15, 0.2) is 0 Å². The number of likely N-dealkylation sites (N-methyl/N-ethyl adjacent to an activating group) is 1. The van der Waals surface area contributed by atoms with Gasteiger partial charge >= 0.3 is 0 Å². The van der Waals surface area contributed by atoms with Crippen LogP contribution in [0.2, 0.25) is 0 Å². The highest BCUT2D eigenvalue weighted by Gasteiger charge is 2.27. The molecule has 0 aliphatic carbocycles. The smallest absolute Gasteiger partial charge is 0.225 e. The molecule has 0 aliphatic heterocycles. The number of carbonyl (C=O) groups excluding carboxylic acids is 1. The summed E-state index contributed by atoms with van der Waals surface area (Å²) < 4.78 is 5.80. The number of aliphatic hydroxyl groups is 1. The molecule has 0 aliphatic rings. The molecule has 0 saturated carbocycles. The summed E-state index contributed by atoms with van der Waals surface area (Å²) in [5.74, 6) is 0.216. The van der Waals surface area contributed by atoms with Crippen LogP contribution in [0.5, 0.6) is 0 Å². The Morgan fingerprint density at radius 1 is 1.00 bits per heavy atom. The molecule has 0 spiro atoms. The molecule has 2 aromatic carbocycles. The molecule has 2 rings (SSSR count). The fourth-order valence-corrected chi connectivity index (χ4v) is 3.41. The van der Waals surface area contributed by atoms with E-state index in [1.54, 1.807) is 11.9 Å². The summed E-state index contributed by atoms with van der Waals surface area (Å²) in [4.78, 5) is 14.5. The van der Waals surface area contributed by atoms with Crippen molar-refractivity contribution in [2.75, 3.05) is 13.7 Å². The molecule has 0 radical (unpaired) electrons. The molecule has 0 saturated heterocycles. The van der Waals surface area contributed by atoms with Gasteiger partial charge in [0.2, 0.25) is 5.91 Å². The first-order chi connectivity index (χ1) is 13.4. The van der Waals surface area contributed by atoms with E-state index in [0.717, 1.165) is 17.5 Å². The summed E-state index contributed by atoms with van der Waals surface area (Å²) in [5, 5.41) is 10.6. The minimum Gasteiger partial charge on any atom is -0.386 e. The minimum absolute atomic E-state index is 0.0531. The van der Waals surface area contributed by atoms with E-state index in [0.29, 0.717) is 13.2 Å². The molecule has 1 amide bonds. The lowest BCUT2D eigenvalue weighted by Crippen LogP contribution is -2.42. The molecule has 152 valence electrons. The second kappa shape index (κ2) is 11.0. The average Bonchev–Trinajstić information content (AvgIpc) is 2.72. The summed E-state index contributed by atoms with van der Waals surface area (Å²) in [7, 11) is 1.77. The maximum Gasteiger partial charge on any atom is 0.225 e. The van der Waals surface area contributed by atoms with Crippen LogP contribution in [0.4, 0.5) is 0 Å². The zero-order chi connectivity index (χ0) is 20.5. The highest BCUT2D eigenvalue weighted by molar-refractivity contribution is 5.78. The number of amides is 1. The predicted octanol–water partition coefficient (Wildman–Crippen LogP) is 4.45. The summed E-state index contributed by atoms with van der Waals surface area (Å²) in [6, 6.07) is 19.3. The van der Waals surface area contributed by atoms with Crippen LogP contribution in [0.25, 0.3) is 0 Å².